The predicted octanol–water partition coefficient (Wildman–Crippen LogP) is 4.12. The van der Waals surface area contributed by atoms with Crippen molar-refractivity contribution in [3.8, 4) is 0 Å². The Balaban J connectivity index is 1.76. The predicted molar refractivity (Wildman–Crippen MR) is 130 cm³/mol. The fourth-order valence-electron chi connectivity index (χ4n) is 4.29. The van der Waals surface area contributed by atoms with Crippen LogP contribution in [0.2, 0.25) is 0 Å². The molecule has 0 amide bonds. The molecule has 1 saturated heterocycles. The normalized spacial score (nSPS) is 15.8. The molecule has 8 nitrogen and oxygen atoms in total. The maximum Gasteiger partial charge on any atom is 0.416 e. The standard InChI is InChI=1S/C25H30F3N5O3/c1-4-35-15-33-20(14-32-8-10-36-11-9-32)13-21-22(24(33)34)17(3)30-31-23(21)29-16(2)18-6-5-7-19(12-18)25(26,27)28/h5-7,12-13,16H,4,8-11,14-15H2,1-3H3,(H,29,31)/t16-/m1/s1. The molecule has 3 heterocycles. The van der Waals surface area contributed by atoms with E-state index in [-0.39, 0.29) is 12.3 Å². The molecule has 3 aromatic rings. The lowest BCUT2D eigenvalue weighted by atomic mass is 10.0. The number of nitrogens with one attached hydrogen (secondary N) is 1. The summed E-state index contributed by atoms with van der Waals surface area (Å²) in [7, 11) is 0. The first kappa shape index (κ1) is 26.1. The van der Waals surface area contributed by atoms with E-state index in [1.807, 2.05) is 13.0 Å². The summed E-state index contributed by atoms with van der Waals surface area (Å²) in [5.74, 6) is 0.337. The summed E-state index contributed by atoms with van der Waals surface area (Å²) in [6.45, 7) is 9.12. The first-order valence-electron chi connectivity index (χ1n) is 11.9. The van der Waals surface area contributed by atoms with Crippen LogP contribution in [0.1, 0.15) is 42.4 Å². The van der Waals surface area contributed by atoms with Gasteiger partial charge in [0.2, 0.25) is 0 Å². The second-order valence-electron chi connectivity index (χ2n) is 8.79. The molecular weight excluding hydrogens is 475 g/mol. The van der Waals surface area contributed by atoms with Crippen LogP contribution in [0.5, 0.6) is 0 Å². The van der Waals surface area contributed by atoms with E-state index in [1.165, 1.54) is 6.07 Å². The molecule has 4 rings (SSSR count). The van der Waals surface area contributed by atoms with Gasteiger partial charge in [0.05, 0.1) is 35.9 Å². The highest BCUT2D eigenvalue weighted by Crippen LogP contribution is 2.32. The number of aromatic nitrogens is 3. The van der Waals surface area contributed by atoms with Gasteiger partial charge in [-0.2, -0.15) is 18.3 Å². The topological polar surface area (TPSA) is 81.5 Å². The summed E-state index contributed by atoms with van der Waals surface area (Å²) in [5.41, 5.74) is 0.700. The van der Waals surface area contributed by atoms with E-state index in [2.05, 4.69) is 20.4 Å². The van der Waals surface area contributed by atoms with Gasteiger partial charge in [0.15, 0.2) is 5.82 Å². The van der Waals surface area contributed by atoms with E-state index in [0.717, 1.165) is 30.9 Å². The molecule has 0 aliphatic carbocycles. The Morgan fingerprint density at radius 3 is 2.64 bits per heavy atom. The lowest BCUT2D eigenvalue weighted by Crippen LogP contribution is -2.38. The van der Waals surface area contributed by atoms with E-state index in [1.54, 1.807) is 24.5 Å². The quantitative estimate of drug-likeness (QED) is 0.493. The highest BCUT2D eigenvalue weighted by Gasteiger charge is 2.31. The molecule has 0 bridgehead atoms. The van der Waals surface area contributed by atoms with Crippen molar-refractivity contribution in [3.05, 3.63) is 63.2 Å². The van der Waals surface area contributed by atoms with E-state index in [4.69, 9.17) is 9.47 Å². The number of rotatable bonds is 8. The molecule has 0 unspecified atom stereocenters. The van der Waals surface area contributed by atoms with Gasteiger partial charge < -0.3 is 14.8 Å². The van der Waals surface area contributed by atoms with Crippen LogP contribution >= 0.6 is 0 Å². The summed E-state index contributed by atoms with van der Waals surface area (Å²) in [5, 5.41) is 12.6. The molecule has 1 aliphatic heterocycles. The molecule has 1 N–H and O–H groups in total. The van der Waals surface area contributed by atoms with Crippen LogP contribution in [-0.4, -0.2) is 52.6 Å². The maximum absolute atomic E-state index is 13.6. The zero-order valence-corrected chi connectivity index (χ0v) is 20.6. The van der Waals surface area contributed by atoms with Crippen molar-refractivity contribution in [1.29, 1.82) is 0 Å². The largest absolute Gasteiger partial charge is 0.416 e. The summed E-state index contributed by atoms with van der Waals surface area (Å²) in [6.07, 6.45) is -4.44. The molecule has 1 fully saturated rings. The van der Waals surface area contributed by atoms with Gasteiger partial charge in [-0.25, -0.2) is 0 Å². The molecular formula is C25H30F3N5O3. The van der Waals surface area contributed by atoms with E-state index in [9.17, 15) is 18.0 Å². The van der Waals surface area contributed by atoms with Gasteiger partial charge >= 0.3 is 6.18 Å². The van der Waals surface area contributed by atoms with E-state index >= 15 is 0 Å². The second-order valence-corrected chi connectivity index (χ2v) is 8.79. The molecule has 1 aromatic carbocycles. The number of halogens is 3. The number of anilines is 1. The van der Waals surface area contributed by atoms with Crippen LogP contribution in [0.4, 0.5) is 19.0 Å². The van der Waals surface area contributed by atoms with E-state index in [0.29, 0.717) is 54.2 Å². The minimum atomic E-state index is -4.44. The molecule has 1 aliphatic rings. The fraction of sp³-hybridized carbons (Fsp3) is 0.480. The number of hydrogen-bond donors (Lipinski definition) is 1. The minimum Gasteiger partial charge on any atom is -0.379 e. The van der Waals surface area contributed by atoms with E-state index < -0.39 is 17.8 Å². The fourth-order valence-corrected chi connectivity index (χ4v) is 4.29. The van der Waals surface area contributed by atoms with Crippen LogP contribution in [0.25, 0.3) is 10.8 Å². The molecule has 2 aromatic heterocycles. The van der Waals surface area contributed by atoms with Gasteiger partial charge in [0, 0.05) is 37.3 Å². The SMILES string of the molecule is CCOCn1c(CN2CCOCC2)cc2c(N[C@H](C)c3cccc(C(F)(F)F)c3)nnc(C)c2c1=O. The summed E-state index contributed by atoms with van der Waals surface area (Å²) < 4.78 is 52.3. The molecule has 0 radical (unpaired) electrons. The first-order valence-corrected chi connectivity index (χ1v) is 11.9. The zero-order valence-electron chi connectivity index (χ0n) is 20.6. The Morgan fingerprint density at radius 2 is 1.94 bits per heavy atom. The van der Waals surface area contributed by atoms with Crippen molar-refractivity contribution >= 4 is 16.6 Å². The number of morpholine rings is 1. The second kappa shape index (κ2) is 10.9. The number of alkyl halides is 3. The average molecular weight is 506 g/mol. The number of nitrogens with zero attached hydrogens (tertiary/aromatic N) is 4. The highest BCUT2D eigenvalue weighted by molar-refractivity contribution is 5.92. The van der Waals surface area contributed by atoms with Gasteiger partial charge in [0.1, 0.15) is 6.73 Å². The van der Waals surface area contributed by atoms with Crippen molar-refractivity contribution in [2.45, 2.75) is 46.3 Å². The number of fused-ring (bicyclic) bond motifs is 1. The van der Waals surface area contributed by atoms with Crippen LogP contribution < -0.4 is 10.9 Å². The van der Waals surface area contributed by atoms with Crippen molar-refractivity contribution in [3.63, 3.8) is 0 Å². The summed E-state index contributed by atoms with van der Waals surface area (Å²) in [6, 6.07) is 6.53. The Labute approximate surface area is 207 Å². The highest BCUT2D eigenvalue weighted by atomic mass is 19.4. The van der Waals surface area contributed by atoms with Crippen LogP contribution in [0, 0.1) is 6.92 Å². The van der Waals surface area contributed by atoms with Gasteiger partial charge in [0.25, 0.3) is 5.56 Å². The summed E-state index contributed by atoms with van der Waals surface area (Å²) in [4.78, 5) is 15.8. The molecule has 194 valence electrons. The van der Waals surface area contributed by atoms with Crippen molar-refractivity contribution < 1.29 is 22.6 Å². The van der Waals surface area contributed by atoms with Gasteiger partial charge in [-0.3, -0.25) is 14.3 Å². The number of benzene rings is 1. The number of aryl methyl sites for hydroxylation is 1. The van der Waals surface area contributed by atoms with Crippen molar-refractivity contribution in [2.75, 3.05) is 38.2 Å². The Morgan fingerprint density at radius 1 is 1.19 bits per heavy atom. The maximum atomic E-state index is 13.6. The molecule has 36 heavy (non-hydrogen) atoms. The smallest absolute Gasteiger partial charge is 0.379 e. The van der Waals surface area contributed by atoms with Crippen LogP contribution in [0.3, 0.4) is 0 Å². The zero-order chi connectivity index (χ0) is 25.9. The third-order valence-corrected chi connectivity index (χ3v) is 6.28. The molecule has 11 heteroatoms. The van der Waals surface area contributed by atoms with Crippen LogP contribution in [-0.2, 0) is 28.9 Å². The molecule has 1 atom stereocenters. The average Bonchev–Trinajstić information content (AvgIpc) is 2.85. The van der Waals surface area contributed by atoms with Crippen molar-refractivity contribution in [2.24, 2.45) is 0 Å². The Bertz CT molecular complexity index is 1270. The number of hydrogen-bond acceptors (Lipinski definition) is 7. The van der Waals surface area contributed by atoms with Gasteiger partial charge in [-0.1, -0.05) is 12.1 Å². The Kier molecular flexibility index (Phi) is 7.91. The molecule has 0 spiro atoms. The van der Waals surface area contributed by atoms with Gasteiger partial charge in [-0.05, 0) is 44.5 Å². The van der Waals surface area contributed by atoms with Crippen molar-refractivity contribution in [1.82, 2.24) is 19.7 Å². The van der Waals surface area contributed by atoms with Gasteiger partial charge in [-0.15, -0.1) is 5.10 Å². The summed E-state index contributed by atoms with van der Waals surface area (Å²) >= 11 is 0. The Hall–Kier alpha value is -3.02. The number of ether oxygens (including phenoxy) is 2. The number of pyridine rings is 1. The third kappa shape index (κ3) is 5.69. The first-order chi connectivity index (χ1) is 17.2. The minimum absolute atomic E-state index is 0.107. The lowest BCUT2D eigenvalue weighted by molar-refractivity contribution is -0.137. The lowest BCUT2D eigenvalue weighted by Gasteiger charge is -2.28. The monoisotopic (exact) mass is 505 g/mol. The third-order valence-electron chi connectivity index (χ3n) is 6.28. The van der Waals surface area contributed by atoms with Crippen LogP contribution in [0.15, 0.2) is 35.1 Å². The molecule has 0 saturated carbocycles.